The highest BCUT2D eigenvalue weighted by atomic mass is 19.1. The van der Waals surface area contributed by atoms with Crippen LogP contribution in [0.5, 0.6) is 5.75 Å². The second-order valence-corrected chi connectivity index (χ2v) is 4.53. The van der Waals surface area contributed by atoms with Crippen LogP contribution in [0.2, 0.25) is 0 Å². The van der Waals surface area contributed by atoms with Gasteiger partial charge in [0.05, 0.1) is 6.61 Å². The average molecular weight is 280 g/mol. The highest BCUT2D eigenvalue weighted by Gasteiger charge is 2.16. The number of benzene rings is 2. The van der Waals surface area contributed by atoms with Crippen molar-refractivity contribution in [2.45, 2.75) is 19.3 Å². The van der Waals surface area contributed by atoms with Crippen LogP contribution in [0.1, 0.15) is 24.8 Å². The Balaban J connectivity index is 2.12. The molecule has 4 heteroatoms. The maximum absolute atomic E-state index is 13.5. The molecule has 0 radical (unpaired) electrons. The highest BCUT2D eigenvalue weighted by molar-refractivity contribution is 5.27. The minimum absolute atomic E-state index is 0.0278. The van der Waals surface area contributed by atoms with Gasteiger partial charge in [-0.2, -0.15) is 0 Å². The summed E-state index contributed by atoms with van der Waals surface area (Å²) in [7, 11) is 0. The van der Waals surface area contributed by atoms with Crippen molar-refractivity contribution in [3.05, 3.63) is 65.5 Å². The molecule has 2 aromatic rings. The van der Waals surface area contributed by atoms with E-state index in [1.807, 2.05) is 37.3 Å². The van der Waals surface area contributed by atoms with Crippen LogP contribution in [0.15, 0.2) is 42.5 Å². The van der Waals surface area contributed by atoms with Gasteiger partial charge in [0.1, 0.15) is 5.82 Å². The number of ether oxygens (including phenoxy) is 1. The van der Waals surface area contributed by atoms with Crippen molar-refractivity contribution in [3.63, 3.8) is 0 Å². The van der Waals surface area contributed by atoms with Gasteiger partial charge >= 0.3 is 0 Å². The lowest BCUT2D eigenvalue weighted by Gasteiger charge is -2.17. The maximum atomic E-state index is 13.5. The molecule has 0 aliphatic carbocycles. The van der Waals surface area contributed by atoms with Gasteiger partial charge in [-0.25, -0.2) is 13.2 Å². The summed E-state index contributed by atoms with van der Waals surface area (Å²) in [5.41, 5.74) is 1.04. The van der Waals surface area contributed by atoms with Crippen LogP contribution in [0.3, 0.4) is 0 Å². The number of rotatable bonds is 5. The molecular formula is C16H15F3O. The second-order valence-electron chi connectivity index (χ2n) is 4.53. The fourth-order valence-corrected chi connectivity index (χ4v) is 2.03. The summed E-state index contributed by atoms with van der Waals surface area (Å²) in [6.45, 7) is 2.11. The standard InChI is InChI=1S/C16H15F3O/c1-2-11(12-6-4-3-5-7-12)10-20-16-14(18)8-13(17)9-15(16)19/h3-9,11H,2,10H2,1H3. The fraction of sp³-hybridized carbons (Fsp3) is 0.250. The summed E-state index contributed by atoms with van der Waals surface area (Å²) in [5, 5.41) is 0. The molecule has 106 valence electrons. The smallest absolute Gasteiger partial charge is 0.190 e. The monoisotopic (exact) mass is 280 g/mol. The van der Waals surface area contributed by atoms with E-state index in [0.717, 1.165) is 12.0 Å². The Hall–Kier alpha value is -1.97. The quantitative estimate of drug-likeness (QED) is 0.773. The van der Waals surface area contributed by atoms with Gasteiger partial charge in [-0.05, 0) is 12.0 Å². The average Bonchev–Trinajstić information content (AvgIpc) is 2.43. The van der Waals surface area contributed by atoms with Crippen molar-refractivity contribution >= 4 is 0 Å². The van der Waals surface area contributed by atoms with Crippen LogP contribution in [0, 0.1) is 17.5 Å². The zero-order valence-corrected chi connectivity index (χ0v) is 11.1. The van der Waals surface area contributed by atoms with Crippen molar-refractivity contribution < 1.29 is 17.9 Å². The van der Waals surface area contributed by atoms with Gasteiger partial charge in [-0.1, -0.05) is 37.3 Å². The minimum Gasteiger partial charge on any atom is -0.487 e. The third-order valence-electron chi connectivity index (χ3n) is 3.16. The van der Waals surface area contributed by atoms with Crippen LogP contribution in [-0.4, -0.2) is 6.61 Å². The molecule has 0 bridgehead atoms. The van der Waals surface area contributed by atoms with Gasteiger partial charge in [-0.15, -0.1) is 0 Å². The molecule has 0 aliphatic rings. The molecule has 0 saturated heterocycles. The Kier molecular flexibility index (Phi) is 4.66. The van der Waals surface area contributed by atoms with E-state index in [1.54, 1.807) is 0 Å². The van der Waals surface area contributed by atoms with E-state index in [9.17, 15) is 13.2 Å². The molecular weight excluding hydrogens is 265 g/mol. The Labute approximate surface area is 116 Å². The van der Waals surface area contributed by atoms with E-state index >= 15 is 0 Å². The van der Waals surface area contributed by atoms with E-state index in [1.165, 1.54) is 0 Å². The number of hydrogen-bond donors (Lipinski definition) is 0. The first-order chi connectivity index (χ1) is 9.61. The summed E-state index contributed by atoms with van der Waals surface area (Å²) in [6, 6.07) is 10.8. The molecule has 0 saturated carbocycles. The zero-order valence-electron chi connectivity index (χ0n) is 11.1. The first-order valence-electron chi connectivity index (χ1n) is 6.44. The molecule has 0 N–H and O–H groups in total. The third kappa shape index (κ3) is 3.32. The molecule has 0 amide bonds. The normalized spacial score (nSPS) is 12.2. The van der Waals surface area contributed by atoms with Gasteiger partial charge < -0.3 is 4.74 Å². The summed E-state index contributed by atoms with van der Waals surface area (Å²) in [6.07, 6.45) is 0.772. The Morgan fingerprint density at radius 2 is 1.60 bits per heavy atom. The van der Waals surface area contributed by atoms with Crippen LogP contribution >= 0.6 is 0 Å². The maximum Gasteiger partial charge on any atom is 0.190 e. The van der Waals surface area contributed by atoms with Crippen molar-refractivity contribution in [1.29, 1.82) is 0 Å². The summed E-state index contributed by atoms with van der Waals surface area (Å²) < 4.78 is 44.9. The molecule has 1 nitrogen and oxygen atoms in total. The zero-order chi connectivity index (χ0) is 14.5. The van der Waals surface area contributed by atoms with E-state index in [-0.39, 0.29) is 12.5 Å². The lowest BCUT2D eigenvalue weighted by molar-refractivity contribution is 0.257. The molecule has 0 aliphatic heterocycles. The molecule has 20 heavy (non-hydrogen) atoms. The van der Waals surface area contributed by atoms with Crippen LogP contribution < -0.4 is 4.74 Å². The summed E-state index contributed by atoms with van der Waals surface area (Å²) in [5.74, 6) is -3.50. The van der Waals surface area contributed by atoms with Gasteiger partial charge in [-0.3, -0.25) is 0 Å². The predicted molar refractivity (Wildman–Crippen MR) is 71.3 cm³/mol. The van der Waals surface area contributed by atoms with Gasteiger partial charge in [0.2, 0.25) is 0 Å². The Morgan fingerprint density at radius 3 is 2.15 bits per heavy atom. The van der Waals surface area contributed by atoms with Crippen molar-refractivity contribution in [3.8, 4) is 5.75 Å². The lowest BCUT2D eigenvalue weighted by Crippen LogP contribution is -2.11. The van der Waals surface area contributed by atoms with Crippen molar-refractivity contribution in [2.24, 2.45) is 0 Å². The largest absolute Gasteiger partial charge is 0.487 e. The van der Waals surface area contributed by atoms with Crippen LogP contribution in [0.25, 0.3) is 0 Å². The molecule has 1 unspecified atom stereocenters. The number of hydrogen-bond acceptors (Lipinski definition) is 1. The van der Waals surface area contributed by atoms with Crippen molar-refractivity contribution in [1.82, 2.24) is 0 Å². The molecule has 0 heterocycles. The van der Waals surface area contributed by atoms with E-state index in [4.69, 9.17) is 4.74 Å². The first-order valence-corrected chi connectivity index (χ1v) is 6.44. The van der Waals surface area contributed by atoms with Crippen LogP contribution in [-0.2, 0) is 0 Å². The van der Waals surface area contributed by atoms with E-state index in [0.29, 0.717) is 12.1 Å². The highest BCUT2D eigenvalue weighted by Crippen LogP contribution is 2.26. The van der Waals surface area contributed by atoms with Crippen molar-refractivity contribution in [2.75, 3.05) is 6.61 Å². The molecule has 1 atom stereocenters. The Morgan fingerprint density at radius 1 is 1.00 bits per heavy atom. The van der Waals surface area contributed by atoms with Crippen LogP contribution in [0.4, 0.5) is 13.2 Å². The molecule has 2 aromatic carbocycles. The van der Waals surface area contributed by atoms with Gasteiger partial charge in [0, 0.05) is 18.1 Å². The Bertz CT molecular complexity index is 546. The minimum atomic E-state index is -1.02. The lowest BCUT2D eigenvalue weighted by atomic mass is 9.97. The second kappa shape index (κ2) is 6.46. The third-order valence-corrected chi connectivity index (χ3v) is 3.16. The predicted octanol–water partition coefficient (Wildman–Crippen LogP) is 4.68. The van der Waals surface area contributed by atoms with E-state index < -0.39 is 23.2 Å². The summed E-state index contributed by atoms with van der Waals surface area (Å²) >= 11 is 0. The van der Waals surface area contributed by atoms with Gasteiger partial charge in [0.15, 0.2) is 17.4 Å². The van der Waals surface area contributed by atoms with Gasteiger partial charge in [0.25, 0.3) is 0 Å². The molecule has 0 aromatic heterocycles. The number of halogens is 3. The molecule has 0 fully saturated rings. The SMILES string of the molecule is CCC(COc1c(F)cc(F)cc1F)c1ccccc1. The first kappa shape index (κ1) is 14.4. The fourth-order valence-electron chi connectivity index (χ4n) is 2.03. The summed E-state index contributed by atoms with van der Waals surface area (Å²) in [4.78, 5) is 0. The molecule has 0 spiro atoms. The van der Waals surface area contributed by atoms with E-state index in [2.05, 4.69) is 0 Å². The topological polar surface area (TPSA) is 9.23 Å². The molecule has 2 rings (SSSR count).